The molecular formula is C17H22F5N3O3S. The molecule has 2 unspecified atom stereocenters. The fourth-order valence-electron chi connectivity index (χ4n) is 3.34. The molecule has 0 spiro atoms. The van der Waals surface area contributed by atoms with Crippen LogP contribution in [0.5, 0.6) is 0 Å². The van der Waals surface area contributed by atoms with E-state index in [0.717, 1.165) is 0 Å². The first kappa shape index (κ1) is 23.5. The molecule has 1 aromatic carbocycles. The Morgan fingerprint density at radius 3 is 2.45 bits per heavy atom. The van der Waals surface area contributed by atoms with Crippen molar-refractivity contribution in [1.29, 1.82) is 0 Å². The molecule has 1 heterocycles. The summed E-state index contributed by atoms with van der Waals surface area (Å²) >= 11 is 0. The van der Waals surface area contributed by atoms with Gasteiger partial charge >= 0.3 is 6.55 Å². The second-order valence-electron chi connectivity index (χ2n) is 7.02. The lowest BCUT2D eigenvalue weighted by Crippen LogP contribution is -2.47. The molecule has 0 aliphatic carbocycles. The lowest BCUT2D eigenvalue weighted by Gasteiger charge is -2.30. The molecule has 1 aliphatic heterocycles. The van der Waals surface area contributed by atoms with Gasteiger partial charge in [0.05, 0.1) is 6.26 Å². The van der Waals surface area contributed by atoms with Crippen molar-refractivity contribution in [2.24, 2.45) is 5.73 Å². The minimum Gasteiger partial charge on any atom is -0.338 e. The maximum atomic E-state index is 13.7. The number of nitrogens with zero attached hydrogens (tertiary/aromatic N) is 2. The van der Waals surface area contributed by atoms with Crippen LogP contribution in [0, 0.1) is 17.5 Å². The molecule has 1 aliphatic rings. The average Bonchev–Trinajstić information content (AvgIpc) is 3.04. The first-order chi connectivity index (χ1) is 13.4. The summed E-state index contributed by atoms with van der Waals surface area (Å²) in [5.74, 6) is -4.09. The summed E-state index contributed by atoms with van der Waals surface area (Å²) in [6.45, 7) is -3.53. The fourth-order valence-corrected chi connectivity index (χ4v) is 4.07. The molecule has 1 fully saturated rings. The van der Waals surface area contributed by atoms with Gasteiger partial charge in [-0.25, -0.2) is 21.6 Å². The first-order valence-electron chi connectivity index (χ1n) is 8.83. The number of alkyl halides is 2. The molecule has 0 saturated carbocycles. The Balaban J connectivity index is 2.02. The van der Waals surface area contributed by atoms with Crippen LogP contribution in [0.25, 0.3) is 0 Å². The van der Waals surface area contributed by atoms with E-state index in [1.54, 1.807) is 0 Å². The highest BCUT2D eigenvalue weighted by atomic mass is 32.2. The van der Waals surface area contributed by atoms with E-state index >= 15 is 0 Å². The maximum absolute atomic E-state index is 13.7. The molecule has 2 atom stereocenters. The molecule has 2 N–H and O–H groups in total. The zero-order valence-electron chi connectivity index (χ0n) is 15.6. The highest BCUT2D eigenvalue weighted by Gasteiger charge is 2.36. The van der Waals surface area contributed by atoms with Crippen LogP contribution >= 0.6 is 0 Å². The standard InChI is InChI=1S/C17H22F5N3O3S/c1-29(27,28)25(17(21)22)9-12-3-2-4-24(12)16(26)7-11(23)5-10-6-14(19)15(20)8-13(10)18/h6,8,11-12,17H,2-5,7,9,23H2,1H3. The first-order valence-corrected chi connectivity index (χ1v) is 10.7. The number of rotatable bonds is 8. The van der Waals surface area contributed by atoms with Gasteiger partial charge in [0.2, 0.25) is 15.9 Å². The van der Waals surface area contributed by atoms with Crippen molar-refractivity contribution in [2.75, 3.05) is 19.3 Å². The predicted octanol–water partition coefficient (Wildman–Crippen LogP) is 1.84. The molecule has 12 heteroatoms. The Morgan fingerprint density at radius 2 is 1.86 bits per heavy atom. The van der Waals surface area contributed by atoms with Crippen molar-refractivity contribution in [3.8, 4) is 0 Å². The number of carbonyl (C=O) groups is 1. The molecule has 0 radical (unpaired) electrons. The van der Waals surface area contributed by atoms with Crippen LogP contribution in [-0.2, 0) is 21.2 Å². The number of benzene rings is 1. The van der Waals surface area contributed by atoms with Crippen molar-refractivity contribution in [3.63, 3.8) is 0 Å². The van der Waals surface area contributed by atoms with Crippen molar-refractivity contribution in [2.45, 2.75) is 44.3 Å². The molecule has 0 bridgehead atoms. The van der Waals surface area contributed by atoms with Gasteiger partial charge in [0.15, 0.2) is 11.6 Å². The minimum atomic E-state index is -4.16. The van der Waals surface area contributed by atoms with E-state index in [2.05, 4.69) is 0 Å². The predicted molar refractivity (Wildman–Crippen MR) is 94.9 cm³/mol. The third kappa shape index (κ3) is 6.09. The number of amides is 1. The SMILES string of the molecule is CS(=O)(=O)N(CC1CCCN1C(=O)CC(N)Cc1cc(F)c(F)cc1F)C(F)F. The van der Waals surface area contributed by atoms with Crippen LogP contribution in [0.2, 0.25) is 0 Å². The average molecular weight is 443 g/mol. The minimum absolute atomic E-state index is 0.0276. The largest absolute Gasteiger partial charge is 0.338 e. The van der Waals surface area contributed by atoms with Crippen LogP contribution in [0.15, 0.2) is 12.1 Å². The monoisotopic (exact) mass is 443 g/mol. The van der Waals surface area contributed by atoms with Crippen molar-refractivity contribution in [1.82, 2.24) is 9.21 Å². The molecule has 1 saturated heterocycles. The maximum Gasteiger partial charge on any atom is 0.307 e. The van der Waals surface area contributed by atoms with E-state index in [1.165, 1.54) is 4.90 Å². The van der Waals surface area contributed by atoms with Crippen LogP contribution in [-0.4, -0.2) is 61.5 Å². The molecule has 29 heavy (non-hydrogen) atoms. The number of sulfonamides is 1. The zero-order valence-corrected chi connectivity index (χ0v) is 16.4. The zero-order chi connectivity index (χ0) is 21.9. The Labute approximate surface area is 165 Å². The van der Waals surface area contributed by atoms with Crippen molar-refractivity contribution in [3.05, 3.63) is 35.1 Å². The topological polar surface area (TPSA) is 83.7 Å². The molecule has 1 aromatic rings. The van der Waals surface area contributed by atoms with Crippen LogP contribution in [0.3, 0.4) is 0 Å². The van der Waals surface area contributed by atoms with E-state index in [9.17, 15) is 35.2 Å². The Hall–Kier alpha value is -1.79. The van der Waals surface area contributed by atoms with Gasteiger partial charge in [-0.3, -0.25) is 4.79 Å². The number of carbonyl (C=O) groups excluding carboxylic acids is 1. The Morgan fingerprint density at radius 1 is 1.24 bits per heavy atom. The summed E-state index contributed by atoms with van der Waals surface area (Å²) in [6, 6.07) is -0.609. The second-order valence-corrected chi connectivity index (χ2v) is 8.95. The van der Waals surface area contributed by atoms with Crippen LogP contribution < -0.4 is 5.73 Å². The van der Waals surface area contributed by atoms with Gasteiger partial charge < -0.3 is 10.6 Å². The lowest BCUT2D eigenvalue weighted by molar-refractivity contribution is -0.133. The molecule has 6 nitrogen and oxygen atoms in total. The summed E-state index contributed by atoms with van der Waals surface area (Å²) in [5.41, 5.74) is 5.65. The highest BCUT2D eigenvalue weighted by molar-refractivity contribution is 7.88. The molecule has 164 valence electrons. The third-order valence-electron chi connectivity index (χ3n) is 4.74. The van der Waals surface area contributed by atoms with Gasteiger partial charge in [0.1, 0.15) is 5.82 Å². The molecular weight excluding hydrogens is 421 g/mol. The van der Waals surface area contributed by atoms with E-state index in [0.29, 0.717) is 31.2 Å². The van der Waals surface area contributed by atoms with Gasteiger partial charge in [-0.05, 0) is 30.9 Å². The van der Waals surface area contributed by atoms with Crippen LogP contribution in [0.4, 0.5) is 22.0 Å². The second kappa shape index (κ2) is 9.35. The van der Waals surface area contributed by atoms with Gasteiger partial charge in [-0.2, -0.15) is 8.78 Å². The number of hydrogen-bond donors (Lipinski definition) is 1. The van der Waals surface area contributed by atoms with Gasteiger partial charge in [-0.1, -0.05) is 0 Å². The summed E-state index contributed by atoms with van der Waals surface area (Å²) in [5, 5.41) is 0. The number of nitrogens with two attached hydrogens (primary N) is 1. The van der Waals surface area contributed by atoms with Gasteiger partial charge in [0, 0.05) is 37.7 Å². The number of halogens is 5. The van der Waals surface area contributed by atoms with Crippen molar-refractivity contribution < 1.29 is 35.2 Å². The Kier molecular flexibility index (Phi) is 7.57. The van der Waals surface area contributed by atoms with Crippen molar-refractivity contribution >= 4 is 15.9 Å². The quantitative estimate of drug-likeness (QED) is 0.378. The number of likely N-dealkylation sites (tertiary alicyclic amines) is 1. The van der Waals surface area contributed by atoms with Gasteiger partial charge in [-0.15, -0.1) is 4.31 Å². The van der Waals surface area contributed by atoms with Crippen LogP contribution in [0.1, 0.15) is 24.8 Å². The van der Waals surface area contributed by atoms with E-state index in [4.69, 9.17) is 5.73 Å². The molecule has 2 rings (SSSR count). The molecule has 0 aromatic heterocycles. The van der Waals surface area contributed by atoms with E-state index in [-0.39, 0.29) is 29.3 Å². The lowest BCUT2D eigenvalue weighted by atomic mass is 10.0. The molecule has 1 amide bonds. The number of hydrogen-bond acceptors (Lipinski definition) is 4. The smallest absolute Gasteiger partial charge is 0.307 e. The van der Waals surface area contributed by atoms with E-state index < -0.39 is 58.6 Å². The normalized spacial score (nSPS) is 18.7. The highest BCUT2D eigenvalue weighted by Crippen LogP contribution is 2.23. The summed E-state index contributed by atoms with van der Waals surface area (Å²) in [7, 11) is -4.16. The summed E-state index contributed by atoms with van der Waals surface area (Å²) < 4.78 is 89.2. The fraction of sp³-hybridized carbons (Fsp3) is 0.588. The third-order valence-corrected chi connectivity index (χ3v) is 5.90. The van der Waals surface area contributed by atoms with E-state index in [1.807, 2.05) is 0 Å². The van der Waals surface area contributed by atoms with Gasteiger partial charge in [0.25, 0.3) is 0 Å². The summed E-state index contributed by atoms with van der Waals surface area (Å²) in [4.78, 5) is 13.8. The summed E-state index contributed by atoms with van der Waals surface area (Å²) in [6.07, 6.45) is 0.983. The Bertz CT molecular complexity index is 853.